The number of unbranched alkanes of at least 4 members (excludes halogenated alkanes) is 10. The lowest BCUT2D eigenvalue weighted by Gasteiger charge is -2.21. The molecule has 0 aliphatic heterocycles. The molecule has 3 atom stereocenters. The van der Waals surface area contributed by atoms with Gasteiger partial charge in [0.2, 0.25) is 0 Å². The third-order valence-corrected chi connectivity index (χ3v) is 7.06. The summed E-state index contributed by atoms with van der Waals surface area (Å²) in [7, 11) is -3.89. The second kappa shape index (κ2) is 18.6. The van der Waals surface area contributed by atoms with Gasteiger partial charge in [-0.05, 0) is 19.3 Å². The van der Waals surface area contributed by atoms with Crippen molar-refractivity contribution in [2.45, 2.75) is 128 Å². The first-order valence-corrected chi connectivity index (χ1v) is 13.2. The minimum atomic E-state index is -3.89. The Kier molecular flexibility index (Phi) is 18.4. The average Bonchev–Trinajstić information content (AvgIpc) is 2.70. The maximum atomic E-state index is 12.6. The molecule has 6 nitrogen and oxygen atoms in total. The summed E-state index contributed by atoms with van der Waals surface area (Å²) in [5.74, 6) is 0. The van der Waals surface area contributed by atoms with Crippen molar-refractivity contribution in [1.82, 2.24) is 0 Å². The Labute approximate surface area is 179 Å². The lowest BCUT2D eigenvalue weighted by Crippen LogP contribution is -2.31. The Morgan fingerprint density at radius 3 is 1.72 bits per heavy atom. The van der Waals surface area contributed by atoms with Crippen LogP contribution >= 0.6 is 0 Å². The standard InChI is InChI=1S/C22H46O6S/c1-3-5-7-9-11-13-15-20(24)17-22(16-14-12-10-8-6-4-2)29(26,27)28-19-21(25)18-23/h20-25H,3-19H2,1-2H3. The highest BCUT2D eigenvalue weighted by atomic mass is 32.2. The molecule has 0 saturated heterocycles. The van der Waals surface area contributed by atoms with Crippen LogP contribution in [0.4, 0.5) is 0 Å². The van der Waals surface area contributed by atoms with Crippen LogP contribution in [-0.4, -0.2) is 54.4 Å². The second-order valence-corrected chi connectivity index (χ2v) is 10.1. The van der Waals surface area contributed by atoms with E-state index in [-0.39, 0.29) is 6.42 Å². The third kappa shape index (κ3) is 16.2. The Bertz CT molecular complexity index is 454. The van der Waals surface area contributed by atoms with E-state index >= 15 is 0 Å². The average molecular weight is 439 g/mol. The van der Waals surface area contributed by atoms with Crippen molar-refractivity contribution in [3.05, 3.63) is 0 Å². The molecular formula is C22H46O6S. The predicted molar refractivity (Wildman–Crippen MR) is 118 cm³/mol. The number of aliphatic hydroxyl groups excluding tert-OH is 3. The largest absolute Gasteiger partial charge is 0.394 e. The van der Waals surface area contributed by atoms with Crippen LogP contribution in [0, 0.1) is 0 Å². The van der Waals surface area contributed by atoms with E-state index in [1.807, 2.05) is 0 Å². The summed E-state index contributed by atoms with van der Waals surface area (Å²) >= 11 is 0. The first kappa shape index (κ1) is 28.8. The highest BCUT2D eigenvalue weighted by Gasteiger charge is 2.29. The molecule has 0 rings (SSSR count). The van der Waals surface area contributed by atoms with Crippen LogP contribution in [-0.2, 0) is 14.3 Å². The van der Waals surface area contributed by atoms with Gasteiger partial charge in [0, 0.05) is 0 Å². The van der Waals surface area contributed by atoms with E-state index in [0.717, 1.165) is 44.9 Å². The first-order chi connectivity index (χ1) is 13.9. The zero-order valence-corrected chi connectivity index (χ0v) is 19.5. The fourth-order valence-corrected chi connectivity index (χ4v) is 4.89. The molecule has 0 amide bonds. The van der Waals surface area contributed by atoms with Crippen LogP contribution < -0.4 is 0 Å². The minimum absolute atomic E-state index is 0.168. The van der Waals surface area contributed by atoms with Crippen LogP contribution in [0.1, 0.15) is 110 Å². The third-order valence-electron chi connectivity index (χ3n) is 5.35. The van der Waals surface area contributed by atoms with Crippen molar-refractivity contribution in [3.63, 3.8) is 0 Å². The molecule has 3 N–H and O–H groups in total. The molecule has 0 aromatic rings. The smallest absolute Gasteiger partial charge is 0.270 e. The van der Waals surface area contributed by atoms with Crippen LogP contribution in [0.2, 0.25) is 0 Å². The van der Waals surface area contributed by atoms with Gasteiger partial charge in [0.05, 0.1) is 24.6 Å². The van der Waals surface area contributed by atoms with Crippen molar-refractivity contribution in [2.75, 3.05) is 13.2 Å². The number of hydrogen-bond acceptors (Lipinski definition) is 6. The summed E-state index contributed by atoms with van der Waals surface area (Å²) in [5.41, 5.74) is 0. The van der Waals surface area contributed by atoms with E-state index in [1.165, 1.54) is 32.1 Å². The van der Waals surface area contributed by atoms with Crippen LogP contribution in [0.15, 0.2) is 0 Å². The Balaban J connectivity index is 4.52. The monoisotopic (exact) mass is 438 g/mol. The molecule has 176 valence electrons. The molecular weight excluding hydrogens is 392 g/mol. The van der Waals surface area contributed by atoms with Crippen molar-refractivity contribution in [1.29, 1.82) is 0 Å². The van der Waals surface area contributed by atoms with Gasteiger partial charge in [-0.25, -0.2) is 0 Å². The number of hydrogen-bond donors (Lipinski definition) is 3. The summed E-state index contributed by atoms with van der Waals surface area (Å²) < 4.78 is 30.1. The lowest BCUT2D eigenvalue weighted by molar-refractivity contribution is 0.0546. The van der Waals surface area contributed by atoms with Crippen molar-refractivity contribution < 1.29 is 27.9 Å². The Hall–Kier alpha value is -0.210. The molecule has 3 unspecified atom stereocenters. The lowest BCUT2D eigenvalue weighted by atomic mass is 10.0. The number of aliphatic hydroxyl groups is 3. The van der Waals surface area contributed by atoms with Crippen LogP contribution in [0.5, 0.6) is 0 Å². The topological polar surface area (TPSA) is 104 Å². The molecule has 0 aliphatic carbocycles. The van der Waals surface area contributed by atoms with E-state index in [9.17, 15) is 18.6 Å². The fraction of sp³-hybridized carbons (Fsp3) is 1.00. The van der Waals surface area contributed by atoms with Crippen molar-refractivity contribution in [2.24, 2.45) is 0 Å². The van der Waals surface area contributed by atoms with Gasteiger partial charge >= 0.3 is 0 Å². The van der Waals surface area contributed by atoms with E-state index in [0.29, 0.717) is 12.8 Å². The fourth-order valence-electron chi connectivity index (χ4n) is 3.44. The van der Waals surface area contributed by atoms with Gasteiger partial charge in [0.15, 0.2) is 0 Å². The van der Waals surface area contributed by atoms with Gasteiger partial charge in [-0.2, -0.15) is 8.42 Å². The van der Waals surface area contributed by atoms with Gasteiger partial charge in [-0.3, -0.25) is 4.18 Å². The van der Waals surface area contributed by atoms with E-state index in [4.69, 9.17) is 9.29 Å². The molecule has 0 spiro atoms. The molecule has 0 aromatic carbocycles. The molecule has 0 fully saturated rings. The highest BCUT2D eigenvalue weighted by molar-refractivity contribution is 7.87. The molecule has 29 heavy (non-hydrogen) atoms. The second-order valence-electron chi connectivity index (χ2n) is 8.24. The Morgan fingerprint density at radius 2 is 1.21 bits per heavy atom. The molecule has 0 saturated carbocycles. The van der Waals surface area contributed by atoms with Gasteiger partial charge in [-0.15, -0.1) is 0 Å². The summed E-state index contributed by atoms with van der Waals surface area (Å²) in [4.78, 5) is 0. The molecule has 0 heterocycles. The maximum Gasteiger partial charge on any atom is 0.270 e. The van der Waals surface area contributed by atoms with E-state index in [1.54, 1.807) is 0 Å². The number of rotatable bonds is 21. The molecule has 7 heteroatoms. The van der Waals surface area contributed by atoms with E-state index in [2.05, 4.69) is 13.8 Å². The maximum absolute atomic E-state index is 12.6. The zero-order chi connectivity index (χ0) is 22.0. The van der Waals surface area contributed by atoms with Crippen LogP contribution in [0.3, 0.4) is 0 Å². The predicted octanol–water partition coefficient (Wildman–Crippen LogP) is 4.31. The summed E-state index contributed by atoms with van der Waals surface area (Å²) in [6.07, 6.45) is 12.5. The summed E-state index contributed by atoms with van der Waals surface area (Å²) in [6.45, 7) is 3.35. The molecule has 0 radical (unpaired) electrons. The highest BCUT2D eigenvalue weighted by Crippen LogP contribution is 2.22. The summed E-state index contributed by atoms with van der Waals surface area (Å²) in [5, 5.41) is 27.9. The van der Waals surface area contributed by atoms with Gasteiger partial charge < -0.3 is 15.3 Å². The molecule has 0 aliphatic rings. The SMILES string of the molecule is CCCCCCCCC(O)CC(CCCCCCCC)S(=O)(=O)OCC(O)CO. The van der Waals surface area contributed by atoms with Crippen molar-refractivity contribution in [3.8, 4) is 0 Å². The molecule has 0 aromatic heterocycles. The van der Waals surface area contributed by atoms with Gasteiger partial charge in [0.25, 0.3) is 10.1 Å². The summed E-state index contributed by atoms with van der Waals surface area (Å²) in [6, 6.07) is 0. The normalized spacial score (nSPS) is 15.3. The Morgan fingerprint density at radius 1 is 0.724 bits per heavy atom. The van der Waals surface area contributed by atoms with E-state index < -0.39 is 40.8 Å². The molecule has 0 bridgehead atoms. The van der Waals surface area contributed by atoms with Crippen molar-refractivity contribution >= 4 is 10.1 Å². The minimum Gasteiger partial charge on any atom is -0.394 e. The van der Waals surface area contributed by atoms with Crippen LogP contribution in [0.25, 0.3) is 0 Å². The zero-order valence-electron chi connectivity index (χ0n) is 18.7. The first-order valence-electron chi connectivity index (χ1n) is 11.7. The quantitative estimate of drug-likeness (QED) is 0.182. The van der Waals surface area contributed by atoms with Gasteiger partial charge in [-0.1, -0.05) is 90.9 Å². The van der Waals surface area contributed by atoms with Gasteiger partial charge in [0.1, 0.15) is 6.10 Å².